The first-order valence-electron chi connectivity index (χ1n) is 7.17. The molecule has 4 nitrogen and oxygen atoms in total. The molecular formula is C17H25NO3. The molecule has 4 heteroatoms. The second-order valence-electron chi connectivity index (χ2n) is 4.66. The fourth-order valence-electron chi connectivity index (χ4n) is 1.40. The molecule has 0 heterocycles. The van der Waals surface area contributed by atoms with Crippen LogP contribution >= 0.6 is 0 Å². The molecule has 0 aliphatic rings. The van der Waals surface area contributed by atoms with E-state index in [1.807, 2.05) is 30.3 Å². The van der Waals surface area contributed by atoms with E-state index in [-0.39, 0.29) is 5.97 Å². The van der Waals surface area contributed by atoms with Gasteiger partial charge in [0.25, 0.3) is 0 Å². The first kappa shape index (κ1) is 18.9. The van der Waals surface area contributed by atoms with Crippen LogP contribution in [0.25, 0.3) is 0 Å². The monoisotopic (exact) mass is 291 g/mol. The number of unbranched alkanes of at least 4 members (excludes halogenated alkanes) is 3. The van der Waals surface area contributed by atoms with Gasteiger partial charge in [-0.1, -0.05) is 56.7 Å². The fraction of sp³-hybridized carbons (Fsp3) is 0.412. The van der Waals surface area contributed by atoms with Crippen molar-refractivity contribution >= 4 is 12.2 Å². The molecule has 1 rings (SSSR count). The van der Waals surface area contributed by atoms with Gasteiger partial charge in [0.05, 0.1) is 0 Å². The number of benzene rings is 1. The van der Waals surface area contributed by atoms with Crippen LogP contribution in [0.1, 0.15) is 45.1 Å². The minimum atomic E-state index is -0.344. The molecule has 0 unspecified atom stereocenters. The minimum Gasteiger partial charge on any atom is -0.626 e. The number of hydrogen-bond donors (Lipinski definition) is 1. The van der Waals surface area contributed by atoms with E-state index in [2.05, 4.69) is 13.5 Å². The summed E-state index contributed by atoms with van der Waals surface area (Å²) in [5.41, 5.74) is 1.41. The van der Waals surface area contributed by atoms with E-state index in [1.165, 1.54) is 12.8 Å². The summed E-state index contributed by atoms with van der Waals surface area (Å²) in [5.74, 6) is -0.344. The van der Waals surface area contributed by atoms with Gasteiger partial charge in [0.2, 0.25) is 0 Å². The largest absolute Gasteiger partial charge is 0.626 e. The molecule has 1 aromatic carbocycles. The van der Waals surface area contributed by atoms with Crippen LogP contribution in [0.3, 0.4) is 0 Å². The molecule has 0 spiro atoms. The van der Waals surface area contributed by atoms with Gasteiger partial charge >= 0.3 is 5.97 Å². The Morgan fingerprint density at radius 2 is 2.00 bits per heavy atom. The molecule has 1 N–H and O–H groups in total. The second-order valence-corrected chi connectivity index (χ2v) is 4.66. The lowest BCUT2D eigenvalue weighted by Crippen LogP contribution is -2.60. The second kappa shape index (κ2) is 12.9. The summed E-state index contributed by atoms with van der Waals surface area (Å²) in [5, 5.41) is 11.3. The van der Waals surface area contributed by atoms with E-state index < -0.39 is 0 Å². The van der Waals surface area contributed by atoms with Crippen molar-refractivity contribution in [2.45, 2.75) is 46.1 Å². The lowest BCUT2D eigenvalue weighted by atomic mass is 10.2. The number of carbonyl (C=O) groups excluding carboxylic acids is 1. The number of rotatable bonds is 7. The van der Waals surface area contributed by atoms with Crippen LogP contribution in [0.2, 0.25) is 0 Å². The van der Waals surface area contributed by atoms with Crippen molar-refractivity contribution in [3.8, 4) is 0 Å². The number of carbonyl (C=O) groups is 1. The molecule has 0 amide bonds. The minimum absolute atomic E-state index is 0.312. The highest BCUT2D eigenvalue weighted by molar-refractivity contribution is 5.86. The lowest BCUT2D eigenvalue weighted by Gasteiger charge is -2.03. The smallest absolute Gasteiger partial charge is 0.333 e. The van der Waals surface area contributed by atoms with Crippen LogP contribution in [0.15, 0.2) is 42.5 Å². The van der Waals surface area contributed by atoms with E-state index >= 15 is 0 Å². The summed E-state index contributed by atoms with van der Waals surface area (Å²) in [6, 6.07) is 9.55. The third-order valence-electron chi connectivity index (χ3n) is 2.60. The predicted molar refractivity (Wildman–Crippen MR) is 85.6 cm³/mol. The van der Waals surface area contributed by atoms with Crippen molar-refractivity contribution in [2.24, 2.45) is 0 Å². The molecule has 0 aliphatic heterocycles. The highest BCUT2D eigenvalue weighted by Crippen LogP contribution is 2.02. The zero-order valence-corrected chi connectivity index (χ0v) is 12.9. The Kier molecular flexibility index (Phi) is 11.6. The summed E-state index contributed by atoms with van der Waals surface area (Å²) in [7, 11) is 0. The van der Waals surface area contributed by atoms with Gasteiger partial charge in [-0.2, -0.15) is 0 Å². The van der Waals surface area contributed by atoms with Crippen molar-refractivity contribution in [2.75, 3.05) is 0 Å². The molecule has 0 bridgehead atoms. The van der Waals surface area contributed by atoms with Crippen molar-refractivity contribution in [3.05, 3.63) is 53.3 Å². The van der Waals surface area contributed by atoms with Gasteiger partial charge in [0.1, 0.15) is 12.8 Å². The maximum Gasteiger partial charge on any atom is 0.333 e. The van der Waals surface area contributed by atoms with Gasteiger partial charge in [0, 0.05) is 12.0 Å². The number of hydrogen-bond acceptors (Lipinski definition) is 3. The van der Waals surface area contributed by atoms with E-state index in [9.17, 15) is 10.0 Å². The number of esters is 1. The van der Waals surface area contributed by atoms with Crippen molar-refractivity contribution in [1.82, 2.24) is 0 Å². The molecule has 0 saturated heterocycles. The summed E-state index contributed by atoms with van der Waals surface area (Å²) >= 11 is 0. The van der Waals surface area contributed by atoms with Crippen LogP contribution < -0.4 is 5.16 Å². The van der Waals surface area contributed by atoms with Gasteiger partial charge < -0.3 is 9.94 Å². The van der Waals surface area contributed by atoms with E-state index in [0.29, 0.717) is 12.2 Å². The fourth-order valence-corrected chi connectivity index (χ4v) is 1.40. The Morgan fingerprint density at radius 3 is 2.52 bits per heavy atom. The Bertz CT molecular complexity index is 427. The highest BCUT2D eigenvalue weighted by atomic mass is 16.5. The Hall–Kier alpha value is -2.10. The topological polar surface area (TPSA) is 63.3 Å². The molecule has 116 valence electrons. The summed E-state index contributed by atoms with van der Waals surface area (Å²) < 4.78 is 4.95. The third kappa shape index (κ3) is 11.4. The summed E-state index contributed by atoms with van der Waals surface area (Å²) in [4.78, 5) is 11.0. The van der Waals surface area contributed by atoms with Crippen LogP contribution in [0.4, 0.5) is 0 Å². The lowest BCUT2D eigenvalue weighted by molar-refractivity contribution is -0.368. The molecule has 21 heavy (non-hydrogen) atoms. The highest BCUT2D eigenvalue weighted by Gasteiger charge is 2.02. The van der Waals surface area contributed by atoms with E-state index in [1.54, 1.807) is 18.3 Å². The quantitative estimate of drug-likeness (QED) is 0.210. The SMILES string of the molecule is C=C(C)C(=O)OCc1ccccc1.CCCCCC=[NH+][O-]. The van der Waals surface area contributed by atoms with Crippen LogP contribution in [0.5, 0.6) is 0 Å². The maximum absolute atomic E-state index is 11.0. The van der Waals surface area contributed by atoms with Gasteiger partial charge in [-0.25, -0.2) is 9.95 Å². The van der Waals surface area contributed by atoms with Crippen molar-refractivity contribution in [1.29, 1.82) is 0 Å². The Balaban J connectivity index is 0.000000433. The molecule has 0 aliphatic carbocycles. The van der Waals surface area contributed by atoms with E-state index in [4.69, 9.17) is 4.74 Å². The average molecular weight is 291 g/mol. The third-order valence-corrected chi connectivity index (χ3v) is 2.60. The first-order valence-corrected chi connectivity index (χ1v) is 7.17. The average Bonchev–Trinajstić information content (AvgIpc) is 2.51. The zero-order valence-electron chi connectivity index (χ0n) is 12.9. The molecule has 0 fully saturated rings. The Labute approximate surface area is 127 Å². The molecule has 0 radical (unpaired) electrons. The standard InChI is InChI=1S/C11H12O2.C6H13NO/c1-9(2)11(12)13-8-10-6-4-3-5-7-10;1-2-3-4-5-6-7-8/h3-7H,1,8H2,2H3;6-7H,2-5H2,1H3. The van der Waals surface area contributed by atoms with E-state index in [0.717, 1.165) is 18.4 Å². The molecular weight excluding hydrogens is 266 g/mol. The predicted octanol–water partition coefficient (Wildman–Crippen LogP) is 2.52. The maximum atomic E-state index is 11.0. The van der Waals surface area contributed by atoms with Gasteiger partial charge in [-0.15, -0.1) is 0 Å². The molecule has 0 atom stereocenters. The normalized spacial score (nSPS) is 9.81. The Morgan fingerprint density at radius 1 is 1.33 bits per heavy atom. The van der Waals surface area contributed by atoms with Crippen LogP contribution in [0, 0.1) is 5.21 Å². The number of ether oxygens (including phenoxy) is 1. The summed E-state index contributed by atoms with van der Waals surface area (Å²) in [6.07, 6.45) is 6.02. The van der Waals surface area contributed by atoms with Crippen LogP contribution in [-0.2, 0) is 16.1 Å². The van der Waals surface area contributed by atoms with Crippen molar-refractivity contribution in [3.63, 3.8) is 0 Å². The molecule has 0 aromatic heterocycles. The first-order chi connectivity index (χ1) is 10.1. The van der Waals surface area contributed by atoms with Crippen molar-refractivity contribution < 1.29 is 14.7 Å². The number of nitrogens with one attached hydrogen (secondary N) is 1. The van der Waals surface area contributed by atoms with Gasteiger partial charge in [-0.05, 0) is 18.9 Å². The van der Waals surface area contributed by atoms with Gasteiger partial charge in [-0.3, -0.25) is 0 Å². The molecule has 1 aromatic rings. The molecule has 0 saturated carbocycles. The summed E-state index contributed by atoms with van der Waals surface area (Å²) in [6.45, 7) is 7.58. The zero-order chi connectivity index (χ0) is 15.9. The van der Waals surface area contributed by atoms with Crippen LogP contribution in [-0.4, -0.2) is 12.2 Å². The van der Waals surface area contributed by atoms with Gasteiger partial charge in [0.15, 0.2) is 0 Å².